The van der Waals surface area contributed by atoms with E-state index in [1.807, 2.05) is 24.3 Å². The van der Waals surface area contributed by atoms with Crippen molar-refractivity contribution in [2.24, 2.45) is 5.92 Å². The molecule has 2 aliphatic rings. The molecular weight excluding hydrogens is 292 g/mol. The number of rotatable bonds is 5. The Morgan fingerprint density at radius 2 is 1.83 bits per heavy atom. The maximum atomic E-state index is 12.0. The van der Waals surface area contributed by atoms with Crippen molar-refractivity contribution in [3.8, 4) is 0 Å². The number of benzene rings is 1. The van der Waals surface area contributed by atoms with E-state index in [9.17, 15) is 14.4 Å². The van der Waals surface area contributed by atoms with Gasteiger partial charge in [0.1, 0.15) is 0 Å². The first-order valence-corrected chi connectivity index (χ1v) is 8.00. The average Bonchev–Trinajstić information content (AvgIpc) is 3.14. The summed E-state index contributed by atoms with van der Waals surface area (Å²) in [6.07, 6.45) is 7.45. The second-order valence-electron chi connectivity index (χ2n) is 6.09. The molecule has 1 aromatic rings. The third-order valence-corrected chi connectivity index (χ3v) is 4.29. The number of carbonyl (C=O) groups is 3. The molecule has 1 N–H and O–H groups in total. The van der Waals surface area contributed by atoms with Gasteiger partial charge in [0.2, 0.25) is 17.7 Å². The van der Waals surface area contributed by atoms with Crippen molar-refractivity contribution >= 4 is 23.4 Å². The lowest BCUT2D eigenvalue weighted by atomic mass is 10.0. The van der Waals surface area contributed by atoms with Gasteiger partial charge in [0.05, 0.1) is 6.54 Å². The predicted molar refractivity (Wildman–Crippen MR) is 86.3 cm³/mol. The maximum Gasteiger partial charge on any atom is 0.229 e. The van der Waals surface area contributed by atoms with Crippen LogP contribution in [0.1, 0.15) is 37.7 Å². The zero-order valence-electron chi connectivity index (χ0n) is 13.0. The van der Waals surface area contributed by atoms with Crippen molar-refractivity contribution in [2.75, 3.05) is 5.32 Å². The van der Waals surface area contributed by atoms with Gasteiger partial charge in [-0.05, 0) is 36.5 Å². The number of nitrogens with one attached hydrogen (secondary N) is 1. The average molecular weight is 312 g/mol. The zero-order valence-corrected chi connectivity index (χ0v) is 13.0. The monoisotopic (exact) mass is 312 g/mol. The minimum atomic E-state index is -0.114. The van der Waals surface area contributed by atoms with Gasteiger partial charge in [0.15, 0.2) is 0 Å². The summed E-state index contributed by atoms with van der Waals surface area (Å²) < 4.78 is 0. The van der Waals surface area contributed by atoms with Crippen molar-refractivity contribution in [1.29, 1.82) is 0 Å². The van der Waals surface area contributed by atoms with Gasteiger partial charge < -0.3 is 5.32 Å². The predicted octanol–water partition coefficient (Wildman–Crippen LogP) is 2.63. The van der Waals surface area contributed by atoms with Crippen LogP contribution >= 0.6 is 0 Å². The lowest BCUT2D eigenvalue weighted by molar-refractivity contribution is -0.139. The van der Waals surface area contributed by atoms with Crippen molar-refractivity contribution in [3.05, 3.63) is 42.0 Å². The lowest BCUT2D eigenvalue weighted by Crippen LogP contribution is -2.28. The van der Waals surface area contributed by atoms with Crippen LogP contribution in [0, 0.1) is 5.92 Å². The van der Waals surface area contributed by atoms with Crippen LogP contribution in [0.25, 0.3) is 0 Å². The van der Waals surface area contributed by atoms with E-state index in [0.717, 1.165) is 24.1 Å². The smallest absolute Gasteiger partial charge is 0.229 e. The van der Waals surface area contributed by atoms with Crippen molar-refractivity contribution in [1.82, 2.24) is 4.90 Å². The normalized spacial score (nSPS) is 20.3. The summed E-state index contributed by atoms with van der Waals surface area (Å²) in [5.41, 5.74) is 1.62. The Hall–Kier alpha value is -2.43. The van der Waals surface area contributed by atoms with Gasteiger partial charge in [-0.15, -0.1) is 0 Å². The van der Waals surface area contributed by atoms with E-state index >= 15 is 0 Å². The molecule has 0 saturated carbocycles. The molecule has 5 nitrogen and oxygen atoms in total. The summed E-state index contributed by atoms with van der Waals surface area (Å²) in [5.74, 6) is 0.134. The van der Waals surface area contributed by atoms with Crippen molar-refractivity contribution < 1.29 is 14.4 Å². The minimum absolute atomic E-state index is 0.0131. The number of amides is 3. The van der Waals surface area contributed by atoms with Gasteiger partial charge >= 0.3 is 0 Å². The van der Waals surface area contributed by atoms with Crippen molar-refractivity contribution in [3.63, 3.8) is 0 Å². The van der Waals surface area contributed by atoms with E-state index in [-0.39, 0.29) is 17.7 Å². The number of likely N-dealkylation sites (tertiary alicyclic amines) is 1. The van der Waals surface area contributed by atoms with Crippen LogP contribution in [0.15, 0.2) is 36.4 Å². The molecular formula is C18H20N2O3. The highest BCUT2D eigenvalue weighted by Gasteiger charge is 2.28. The van der Waals surface area contributed by atoms with E-state index < -0.39 is 0 Å². The molecule has 1 atom stereocenters. The number of hydrogen-bond donors (Lipinski definition) is 1. The molecule has 23 heavy (non-hydrogen) atoms. The topological polar surface area (TPSA) is 66.5 Å². The minimum Gasteiger partial charge on any atom is -0.326 e. The molecule has 120 valence electrons. The van der Waals surface area contributed by atoms with Gasteiger partial charge in [0, 0.05) is 24.9 Å². The van der Waals surface area contributed by atoms with Crippen LogP contribution in [-0.2, 0) is 20.9 Å². The molecule has 1 aromatic carbocycles. The van der Waals surface area contributed by atoms with Crippen LogP contribution in [0.4, 0.5) is 5.69 Å². The second kappa shape index (κ2) is 6.77. The van der Waals surface area contributed by atoms with Gasteiger partial charge in [-0.2, -0.15) is 0 Å². The molecule has 1 aliphatic heterocycles. The summed E-state index contributed by atoms with van der Waals surface area (Å²) in [7, 11) is 0. The molecule has 1 saturated heterocycles. The summed E-state index contributed by atoms with van der Waals surface area (Å²) in [6.45, 7) is 0.304. The molecule has 1 aliphatic carbocycles. The largest absolute Gasteiger partial charge is 0.326 e. The van der Waals surface area contributed by atoms with E-state index in [1.54, 1.807) is 0 Å². The maximum absolute atomic E-state index is 12.0. The van der Waals surface area contributed by atoms with Crippen molar-refractivity contribution in [2.45, 2.75) is 38.6 Å². The van der Waals surface area contributed by atoms with Crippen LogP contribution in [0.5, 0.6) is 0 Å². The number of imide groups is 1. The zero-order chi connectivity index (χ0) is 16.2. The molecule has 0 aromatic heterocycles. The van der Waals surface area contributed by atoms with E-state index in [2.05, 4.69) is 17.5 Å². The number of nitrogens with zero attached hydrogens (tertiary/aromatic N) is 1. The fraction of sp³-hybridized carbons (Fsp3) is 0.389. The van der Waals surface area contributed by atoms with E-state index in [1.165, 1.54) is 4.90 Å². The molecule has 0 radical (unpaired) electrons. The Morgan fingerprint density at radius 1 is 1.13 bits per heavy atom. The molecule has 1 unspecified atom stereocenters. The summed E-state index contributed by atoms with van der Waals surface area (Å²) in [4.78, 5) is 36.5. The highest BCUT2D eigenvalue weighted by atomic mass is 16.2. The number of anilines is 1. The van der Waals surface area contributed by atoms with Gasteiger partial charge in [-0.25, -0.2) is 0 Å². The third-order valence-electron chi connectivity index (χ3n) is 4.29. The molecule has 0 spiro atoms. The molecule has 3 rings (SSSR count). The number of carbonyl (C=O) groups excluding carboxylic acids is 3. The Bertz CT molecular complexity index is 633. The van der Waals surface area contributed by atoms with E-state index in [4.69, 9.17) is 0 Å². The molecule has 3 amide bonds. The lowest BCUT2D eigenvalue weighted by Gasteiger charge is -2.14. The second-order valence-corrected chi connectivity index (χ2v) is 6.09. The number of hydrogen-bond acceptors (Lipinski definition) is 3. The summed E-state index contributed by atoms with van der Waals surface area (Å²) in [5, 5.41) is 2.89. The SMILES string of the molecule is O=C(CC1C=CCC1)Nc1ccc(CN2C(=O)CCC2=O)cc1. The standard InChI is InChI=1S/C18H20N2O3/c21-16(11-13-3-1-2-4-13)19-15-7-5-14(6-8-15)12-20-17(22)9-10-18(20)23/h1,3,5-8,13H,2,4,9-12H2,(H,19,21). The van der Waals surface area contributed by atoms with Gasteiger partial charge in [-0.1, -0.05) is 24.3 Å². The fourth-order valence-corrected chi connectivity index (χ4v) is 2.99. The Morgan fingerprint density at radius 3 is 2.43 bits per heavy atom. The first kappa shape index (κ1) is 15.5. The molecule has 5 heteroatoms. The van der Waals surface area contributed by atoms with Gasteiger partial charge in [-0.3, -0.25) is 19.3 Å². The highest BCUT2D eigenvalue weighted by molar-refractivity contribution is 6.01. The molecule has 1 fully saturated rings. The van der Waals surface area contributed by atoms with Crippen LogP contribution in [-0.4, -0.2) is 22.6 Å². The Kier molecular flexibility index (Phi) is 4.55. The van der Waals surface area contributed by atoms with Crippen LogP contribution < -0.4 is 5.32 Å². The molecule has 0 bridgehead atoms. The first-order chi connectivity index (χ1) is 11.1. The Labute approximate surface area is 135 Å². The quantitative estimate of drug-likeness (QED) is 0.671. The van der Waals surface area contributed by atoms with Crippen LogP contribution in [0.3, 0.4) is 0 Å². The summed E-state index contributed by atoms with van der Waals surface area (Å²) >= 11 is 0. The van der Waals surface area contributed by atoms with Gasteiger partial charge in [0.25, 0.3) is 0 Å². The Balaban J connectivity index is 1.54. The first-order valence-electron chi connectivity index (χ1n) is 8.00. The molecule has 1 heterocycles. The fourth-order valence-electron chi connectivity index (χ4n) is 2.99. The summed E-state index contributed by atoms with van der Waals surface area (Å²) in [6, 6.07) is 7.29. The number of allylic oxidation sites excluding steroid dienone is 2. The van der Waals surface area contributed by atoms with Crippen LogP contribution in [0.2, 0.25) is 0 Å². The highest BCUT2D eigenvalue weighted by Crippen LogP contribution is 2.21. The van der Waals surface area contributed by atoms with E-state index in [0.29, 0.717) is 31.7 Å². The third kappa shape index (κ3) is 3.86.